The Morgan fingerprint density at radius 1 is 1.43 bits per heavy atom. The number of β-amino-alcohol motifs (C(OH)–C–C–N with tert-alkyl or cyclic N) is 2. The van der Waals surface area contributed by atoms with Gasteiger partial charge in [0.2, 0.25) is 5.91 Å². The molecule has 0 bridgehead atoms. The summed E-state index contributed by atoms with van der Waals surface area (Å²) in [6.45, 7) is 3.99. The molecule has 1 heterocycles. The number of aliphatic hydroxyl groups is 2. The van der Waals surface area contributed by atoms with Crippen LogP contribution in [0.3, 0.4) is 0 Å². The molecule has 0 spiro atoms. The zero-order chi connectivity index (χ0) is 10.6. The molecule has 0 aromatic rings. The van der Waals surface area contributed by atoms with Gasteiger partial charge in [-0.05, 0) is 6.54 Å². The molecule has 0 aromatic heterocycles. The van der Waals surface area contributed by atoms with Crippen LogP contribution in [0.15, 0.2) is 0 Å². The smallest absolute Gasteiger partial charge is 0.224 e. The van der Waals surface area contributed by atoms with Crippen LogP contribution < -0.4 is 5.32 Å². The summed E-state index contributed by atoms with van der Waals surface area (Å²) in [5.41, 5.74) is 0. The number of carbonyl (C=O) groups excluding carboxylic acids is 1. The molecule has 5 nitrogen and oxygen atoms in total. The summed E-state index contributed by atoms with van der Waals surface area (Å²) in [7, 11) is 0. The van der Waals surface area contributed by atoms with E-state index in [-0.39, 0.29) is 19.0 Å². The van der Waals surface area contributed by atoms with Crippen LogP contribution in [0, 0.1) is 0 Å². The van der Waals surface area contributed by atoms with E-state index in [0.29, 0.717) is 13.0 Å². The normalized spacial score (nSPS) is 26.9. The van der Waals surface area contributed by atoms with Crippen molar-refractivity contribution >= 4 is 5.91 Å². The van der Waals surface area contributed by atoms with E-state index in [9.17, 15) is 15.0 Å². The van der Waals surface area contributed by atoms with Crippen LogP contribution in [0.5, 0.6) is 0 Å². The Morgan fingerprint density at radius 3 is 2.50 bits per heavy atom. The van der Waals surface area contributed by atoms with Crippen LogP contribution in [0.2, 0.25) is 0 Å². The van der Waals surface area contributed by atoms with E-state index in [4.69, 9.17) is 0 Å². The average Bonchev–Trinajstić information content (AvgIpc) is 2.47. The van der Waals surface area contributed by atoms with Crippen LogP contribution in [-0.2, 0) is 4.79 Å². The molecule has 1 aliphatic heterocycles. The molecule has 5 heteroatoms. The van der Waals surface area contributed by atoms with Gasteiger partial charge in [-0.15, -0.1) is 0 Å². The number of nitrogens with zero attached hydrogens (tertiary/aromatic N) is 1. The lowest BCUT2D eigenvalue weighted by atomic mass is 10.3. The first kappa shape index (κ1) is 11.4. The Hall–Kier alpha value is -0.650. The SMILES string of the molecule is CCNCCC(=O)N1C[C@@H](O)[C@@H](O)C1. The number of hydrogen-bond donors (Lipinski definition) is 3. The predicted octanol–water partition coefficient (Wildman–Crippen LogP) is -1.45. The van der Waals surface area contributed by atoms with Crippen LogP contribution >= 0.6 is 0 Å². The first-order valence-electron chi connectivity index (χ1n) is 4.99. The Bertz CT molecular complexity index is 188. The molecule has 1 amide bonds. The molecule has 1 aliphatic rings. The molecule has 1 rings (SSSR count). The van der Waals surface area contributed by atoms with Crippen molar-refractivity contribution in [2.75, 3.05) is 26.2 Å². The molecule has 0 unspecified atom stereocenters. The number of amides is 1. The molecule has 2 atom stereocenters. The average molecular weight is 202 g/mol. The van der Waals surface area contributed by atoms with E-state index >= 15 is 0 Å². The summed E-state index contributed by atoms with van der Waals surface area (Å²) in [5.74, 6) is -0.0125. The van der Waals surface area contributed by atoms with Gasteiger partial charge < -0.3 is 20.4 Å². The first-order valence-corrected chi connectivity index (χ1v) is 4.99. The Balaban J connectivity index is 2.25. The third kappa shape index (κ3) is 2.94. The molecule has 0 radical (unpaired) electrons. The van der Waals surface area contributed by atoms with E-state index in [1.807, 2.05) is 6.92 Å². The van der Waals surface area contributed by atoms with Crippen LogP contribution in [-0.4, -0.2) is 59.4 Å². The summed E-state index contributed by atoms with van der Waals surface area (Å²) in [6, 6.07) is 0. The van der Waals surface area contributed by atoms with Crippen molar-refractivity contribution in [3.8, 4) is 0 Å². The molecular formula is C9H18N2O3. The molecule has 3 N–H and O–H groups in total. The third-order valence-electron chi connectivity index (χ3n) is 2.38. The van der Waals surface area contributed by atoms with E-state index in [1.54, 1.807) is 0 Å². The van der Waals surface area contributed by atoms with Gasteiger partial charge in [0.15, 0.2) is 0 Å². The highest BCUT2D eigenvalue weighted by Crippen LogP contribution is 2.10. The maximum absolute atomic E-state index is 11.5. The molecule has 0 aromatic carbocycles. The van der Waals surface area contributed by atoms with Crippen molar-refractivity contribution in [2.24, 2.45) is 0 Å². The monoisotopic (exact) mass is 202 g/mol. The van der Waals surface area contributed by atoms with Crippen molar-refractivity contribution in [3.63, 3.8) is 0 Å². The second kappa shape index (κ2) is 5.29. The van der Waals surface area contributed by atoms with Gasteiger partial charge in [-0.1, -0.05) is 6.92 Å². The summed E-state index contributed by atoms with van der Waals surface area (Å²) in [6.07, 6.45) is -1.14. The van der Waals surface area contributed by atoms with Crippen molar-refractivity contribution in [3.05, 3.63) is 0 Å². The zero-order valence-electron chi connectivity index (χ0n) is 8.44. The van der Waals surface area contributed by atoms with Crippen molar-refractivity contribution < 1.29 is 15.0 Å². The number of nitrogens with one attached hydrogen (secondary N) is 1. The van der Waals surface area contributed by atoms with Crippen molar-refractivity contribution in [1.82, 2.24) is 10.2 Å². The minimum Gasteiger partial charge on any atom is -0.388 e. The third-order valence-corrected chi connectivity index (χ3v) is 2.38. The van der Waals surface area contributed by atoms with Gasteiger partial charge in [0.25, 0.3) is 0 Å². The number of aliphatic hydroxyl groups excluding tert-OH is 2. The number of rotatable bonds is 4. The van der Waals surface area contributed by atoms with Gasteiger partial charge in [-0.3, -0.25) is 4.79 Å². The quantitative estimate of drug-likeness (QED) is 0.488. The van der Waals surface area contributed by atoms with Gasteiger partial charge in [0.05, 0.1) is 12.2 Å². The minimum absolute atomic E-state index is 0.0125. The molecule has 0 aliphatic carbocycles. The molecule has 1 fully saturated rings. The second-order valence-electron chi connectivity index (χ2n) is 3.54. The molecule has 82 valence electrons. The molecule has 14 heavy (non-hydrogen) atoms. The Labute approximate surface area is 83.7 Å². The van der Waals surface area contributed by atoms with Gasteiger partial charge >= 0.3 is 0 Å². The van der Waals surface area contributed by atoms with Crippen LogP contribution in [0.25, 0.3) is 0 Å². The van der Waals surface area contributed by atoms with Gasteiger partial charge in [0.1, 0.15) is 0 Å². The largest absolute Gasteiger partial charge is 0.388 e. The van der Waals surface area contributed by atoms with E-state index in [1.165, 1.54) is 4.90 Å². The predicted molar refractivity (Wildman–Crippen MR) is 51.8 cm³/mol. The lowest BCUT2D eigenvalue weighted by Gasteiger charge is -2.15. The topological polar surface area (TPSA) is 72.8 Å². The lowest BCUT2D eigenvalue weighted by Crippen LogP contribution is -2.32. The summed E-state index contributed by atoms with van der Waals surface area (Å²) in [5, 5.41) is 21.5. The standard InChI is InChI=1S/C9H18N2O3/c1-2-10-4-3-9(14)11-5-7(12)8(13)6-11/h7-8,10,12-13H,2-6H2,1H3/t7-,8+. The fraction of sp³-hybridized carbons (Fsp3) is 0.889. The Kier molecular flexibility index (Phi) is 4.31. The highest BCUT2D eigenvalue weighted by Gasteiger charge is 2.31. The van der Waals surface area contributed by atoms with Gasteiger partial charge in [0, 0.05) is 26.1 Å². The molecule has 0 saturated carbocycles. The maximum atomic E-state index is 11.5. The maximum Gasteiger partial charge on any atom is 0.224 e. The van der Waals surface area contributed by atoms with Crippen molar-refractivity contribution in [1.29, 1.82) is 0 Å². The summed E-state index contributed by atoms with van der Waals surface area (Å²) in [4.78, 5) is 13.0. The van der Waals surface area contributed by atoms with Gasteiger partial charge in [-0.25, -0.2) is 0 Å². The summed E-state index contributed by atoms with van der Waals surface area (Å²) >= 11 is 0. The van der Waals surface area contributed by atoms with Gasteiger partial charge in [-0.2, -0.15) is 0 Å². The van der Waals surface area contributed by atoms with Crippen molar-refractivity contribution in [2.45, 2.75) is 25.6 Å². The lowest BCUT2D eigenvalue weighted by molar-refractivity contribution is -0.130. The first-order chi connectivity index (χ1) is 6.65. The Morgan fingerprint density at radius 2 is 2.00 bits per heavy atom. The number of likely N-dealkylation sites (tertiary alicyclic amines) is 1. The zero-order valence-corrected chi connectivity index (χ0v) is 8.44. The minimum atomic E-state index is -0.780. The number of hydrogen-bond acceptors (Lipinski definition) is 4. The van der Waals surface area contributed by atoms with E-state index < -0.39 is 12.2 Å². The number of carbonyl (C=O) groups is 1. The highest BCUT2D eigenvalue weighted by atomic mass is 16.3. The molecule has 1 saturated heterocycles. The molecular weight excluding hydrogens is 184 g/mol. The van der Waals surface area contributed by atoms with E-state index in [0.717, 1.165) is 6.54 Å². The summed E-state index contributed by atoms with van der Waals surface area (Å²) < 4.78 is 0. The van der Waals surface area contributed by atoms with Crippen LogP contribution in [0.4, 0.5) is 0 Å². The highest BCUT2D eigenvalue weighted by molar-refractivity contribution is 5.76. The fourth-order valence-corrected chi connectivity index (χ4v) is 1.50. The van der Waals surface area contributed by atoms with Crippen LogP contribution in [0.1, 0.15) is 13.3 Å². The second-order valence-corrected chi connectivity index (χ2v) is 3.54. The fourth-order valence-electron chi connectivity index (χ4n) is 1.50. The van der Waals surface area contributed by atoms with E-state index in [2.05, 4.69) is 5.32 Å².